The molecule has 0 N–H and O–H groups in total. The monoisotopic (exact) mass is 666 g/mol. The number of fused-ring (bicyclic) bond motifs is 5. The Labute approximate surface area is 304 Å². The summed E-state index contributed by atoms with van der Waals surface area (Å²) in [5.41, 5.74) is 16.1. The molecule has 2 unspecified atom stereocenters. The molecule has 2 atom stereocenters. The third-order valence-electron chi connectivity index (χ3n) is 11.2. The van der Waals surface area contributed by atoms with Crippen LogP contribution in [-0.2, 0) is 0 Å². The maximum atomic E-state index is 6.36. The molecule has 0 fully saturated rings. The molecule has 1 nitrogen and oxygen atoms in total. The Kier molecular flexibility index (Phi) is 7.39. The van der Waals surface area contributed by atoms with Crippen LogP contribution in [0, 0.1) is 11.8 Å². The summed E-state index contributed by atoms with van der Waals surface area (Å²) in [7, 11) is 0. The van der Waals surface area contributed by atoms with Crippen molar-refractivity contribution in [2.24, 2.45) is 11.8 Å². The van der Waals surface area contributed by atoms with E-state index in [2.05, 4.69) is 177 Å². The summed E-state index contributed by atoms with van der Waals surface area (Å²) < 4.78 is 6.36. The summed E-state index contributed by atoms with van der Waals surface area (Å²) in [5.74, 6) is 0.702. The van der Waals surface area contributed by atoms with E-state index in [4.69, 9.17) is 4.42 Å². The summed E-state index contributed by atoms with van der Waals surface area (Å²) in [4.78, 5) is 0. The van der Waals surface area contributed by atoms with E-state index in [1.165, 1.54) is 77.1 Å². The number of furan rings is 1. The maximum absolute atomic E-state index is 6.36. The van der Waals surface area contributed by atoms with E-state index in [0.29, 0.717) is 5.92 Å². The zero-order valence-corrected chi connectivity index (χ0v) is 29.2. The average molecular weight is 667 g/mol. The first-order valence-electron chi connectivity index (χ1n) is 18.5. The molecule has 1 heteroatoms. The van der Waals surface area contributed by atoms with Crippen LogP contribution in [0.2, 0.25) is 0 Å². The van der Waals surface area contributed by atoms with E-state index in [0.717, 1.165) is 29.4 Å². The average Bonchev–Trinajstić information content (AvgIpc) is 3.59. The van der Waals surface area contributed by atoms with Crippen molar-refractivity contribution in [2.75, 3.05) is 0 Å². The minimum Gasteiger partial charge on any atom is -0.456 e. The van der Waals surface area contributed by atoms with Gasteiger partial charge in [-0.2, -0.15) is 0 Å². The molecule has 0 bridgehead atoms. The fourth-order valence-electron chi connectivity index (χ4n) is 8.79. The second-order valence-corrected chi connectivity index (χ2v) is 14.4. The molecule has 248 valence electrons. The molecule has 1 heterocycles. The van der Waals surface area contributed by atoms with Crippen molar-refractivity contribution in [1.29, 1.82) is 0 Å². The molecule has 0 radical (unpaired) electrons. The molecular formula is C51H38O. The first-order chi connectivity index (χ1) is 25.7. The number of rotatable bonds is 5. The molecule has 6 aromatic carbocycles. The van der Waals surface area contributed by atoms with Gasteiger partial charge in [0.15, 0.2) is 0 Å². The highest BCUT2D eigenvalue weighted by Crippen LogP contribution is 2.46. The first kappa shape index (κ1) is 30.6. The van der Waals surface area contributed by atoms with Crippen molar-refractivity contribution in [3.63, 3.8) is 0 Å². The molecule has 1 aromatic heterocycles. The number of hydrogen-bond donors (Lipinski definition) is 0. The van der Waals surface area contributed by atoms with Crippen LogP contribution in [0.3, 0.4) is 0 Å². The molecule has 0 spiro atoms. The Balaban J connectivity index is 1.31. The molecule has 52 heavy (non-hydrogen) atoms. The minimum atomic E-state index is 0.239. The number of para-hydroxylation sites is 1. The van der Waals surface area contributed by atoms with Gasteiger partial charge < -0.3 is 4.42 Å². The lowest BCUT2D eigenvalue weighted by molar-refractivity contribution is 0.669. The van der Waals surface area contributed by atoms with E-state index in [9.17, 15) is 0 Å². The standard InChI is InChI=1S/C51H38O/c1-33-26-28-39(35-16-6-3-7-17-35)45(30-33)50-42-21-9-8-20-41(42)49(38-19-12-18-36(31-38)34-14-4-2-5-15-34)46-32-37(27-29-43(46)50)40-23-13-25-48-51(40)44-22-10-11-24-47(44)52-48/h2-20,22-25,27-33,42H,21,26H2,1H3. The zero-order valence-electron chi connectivity index (χ0n) is 29.2. The van der Waals surface area contributed by atoms with Crippen LogP contribution in [0.5, 0.6) is 0 Å². The van der Waals surface area contributed by atoms with E-state index >= 15 is 0 Å². The molecule has 0 saturated heterocycles. The molecule has 0 saturated carbocycles. The summed E-state index contributed by atoms with van der Waals surface area (Å²) in [5, 5.41) is 4.93. The number of hydrogen-bond acceptors (Lipinski definition) is 1. The van der Waals surface area contributed by atoms with Crippen molar-refractivity contribution >= 4 is 38.7 Å². The van der Waals surface area contributed by atoms with E-state index < -0.39 is 0 Å². The predicted octanol–water partition coefficient (Wildman–Crippen LogP) is 11.8. The SMILES string of the molecule is CC1C=C(C2=c3ccc(-c4cccc5oc6ccccc6c45)cc3=C(c3cccc(-c4ccccc4)c3)C3=CC=CCC32)C(c2ccccc2)=CC1. The van der Waals surface area contributed by atoms with Crippen LogP contribution in [-0.4, -0.2) is 0 Å². The lowest BCUT2D eigenvalue weighted by atomic mass is 9.69. The van der Waals surface area contributed by atoms with Crippen LogP contribution in [0.15, 0.2) is 192 Å². The highest BCUT2D eigenvalue weighted by Gasteiger charge is 2.33. The zero-order chi connectivity index (χ0) is 34.6. The highest BCUT2D eigenvalue weighted by molar-refractivity contribution is 6.12. The largest absolute Gasteiger partial charge is 0.456 e. The van der Waals surface area contributed by atoms with Crippen LogP contribution in [0.25, 0.3) is 60.9 Å². The molecule has 3 aliphatic carbocycles. The fraction of sp³-hybridized carbons (Fsp3) is 0.0980. The lowest BCUT2D eigenvalue weighted by Crippen LogP contribution is -2.38. The molecule has 3 aliphatic rings. The fourth-order valence-corrected chi connectivity index (χ4v) is 8.79. The van der Waals surface area contributed by atoms with Gasteiger partial charge in [-0.3, -0.25) is 0 Å². The van der Waals surface area contributed by atoms with E-state index in [1.807, 2.05) is 6.07 Å². The smallest absolute Gasteiger partial charge is 0.136 e. The summed E-state index contributed by atoms with van der Waals surface area (Å²) in [6.07, 6.45) is 14.1. The Morgan fingerprint density at radius 3 is 2.15 bits per heavy atom. The quantitative estimate of drug-likeness (QED) is 0.178. The Bertz CT molecular complexity index is 2790. The van der Waals surface area contributed by atoms with Crippen molar-refractivity contribution in [3.8, 4) is 22.3 Å². The van der Waals surface area contributed by atoms with Crippen molar-refractivity contribution < 1.29 is 4.42 Å². The number of benzene rings is 6. The van der Waals surface area contributed by atoms with Gasteiger partial charge in [0.1, 0.15) is 11.2 Å². The van der Waals surface area contributed by atoms with Gasteiger partial charge in [0.25, 0.3) is 0 Å². The van der Waals surface area contributed by atoms with Gasteiger partial charge in [-0.15, -0.1) is 0 Å². The normalized spacial score (nSPS) is 18.1. The minimum absolute atomic E-state index is 0.239. The van der Waals surface area contributed by atoms with Crippen LogP contribution < -0.4 is 10.4 Å². The van der Waals surface area contributed by atoms with E-state index in [1.54, 1.807) is 0 Å². The Hall–Kier alpha value is -6.18. The molecular weight excluding hydrogens is 629 g/mol. The molecule has 0 aliphatic heterocycles. The summed E-state index contributed by atoms with van der Waals surface area (Å²) in [6.45, 7) is 2.35. The van der Waals surface area contributed by atoms with Crippen LogP contribution in [0.4, 0.5) is 0 Å². The van der Waals surface area contributed by atoms with Crippen molar-refractivity contribution in [3.05, 3.63) is 209 Å². The van der Waals surface area contributed by atoms with Crippen LogP contribution in [0.1, 0.15) is 30.9 Å². The van der Waals surface area contributed by atoms with Gasteiger partial charge in [0.2, 0.25) is 0 Å². The Morgan fingerprint density at radius 2 is 1.29 bits per heavy atom. The molecule has 0 amide bonds. The maximum Gasteiger partial charge on any atom is 0.136 e. The van der Waals surface area contributed by atoms with Gasteiger partial charge in [-0.05, 0) is 115 Å². The first-order valence-corrected chi connectivity index (χ1v) is 18.5. The lowest BCUT2D eigenvalue weighted by Gasteiger charge is -2.34. The number of allylic oxidation sites excluding steroid dienone is 8. The Morgan fingerprint density at radius 1 is 0.558 bits per heavy atom. The highest BCUT2D eigenvalue weighted by atomic mass is 16.3. The second-order valence-electron chi connectivity index (χ2n) is 14.4. The second kappa shape index (κ2) is 12.5. The van der Waals surface area contributed by atoms with Gasteiger partial charge >= 0.3 is 0 Å². The van der Waals surface area contributed by atoms with Crippen LogP contribution >= 0.6 is 0 Å². The topological polar surface area (TPSA) is 13.1 Å². The van der Waals surface area contributed by atoms with Gasteiger partial charge in [0.05, 0.1) is 0 Å². The third kappa shape index (κ3) is 5.08. The van der Waals surface area contributed by atoms with Crippen molar-refractivity contribution in [2.45, 2.75) is 19.8 Å². The third-order valence-corrected chi connectivity index (χ3v) is 11.2. The summed E-state index contributed by atoms with van der Waals surface area (Å²) in [6, 6.07) is 53.0. The predicted molar refractivity (Wildman–Crippen MR) is 218 cm³/mol. The molecule has 10 rings (SSSR count). The van der Waals surface area contributed by atoms with Gasteiger partial charge in [0, 0.05) is 16.7 Å². The summed E-state index contributed by atoms with van der Waals surface area (Å²) >= 11 is 0. The van der Waals surface area contributed by atoms with E-state index in [-0.39, 0.29) is 5.92 Å². The van der Waals surface area contributed by atoms with Crippen molar-refractivity contribution in [1.82, 2.24) is 0 Å². The van der Waals surface area contributed by atoms with Gasteiger partial charge in [-0.25, -0.2) is 0 Å². The molecule has 7 aromatic rings. The van der Waals surface area contributed by atoms with Gasteiger partial charge in [-0.1, -0.05) is 159 Å².